The fourth-order valence-electron chi connectivity index (χ4n) is 0.950. The van der Waals surface area contributed by atoms with E-state index in [0.29, 0.717) is 0 Å². The van der Waals surface area contributed by atoms with Crippen molar-refractivity contribution in [2.75, 3.05) is 0 Å². The van der Waals surface area contributed by atoms with Crippen LogP contribution in [0.3, 0.4) is 0 Å². The van der Waals surface area contributed by atoms with E-state index in [9.17, 15) is 9.90 Å². The SMILES string of the molecule is C[C@](O)(C(=O)O)c1ccc(O)c(O)c1. The molecule has 0 aliphatic rings. The van der Waals surface area contributed by atoms with Crippen molar-refractivity contribution in [3.63, 3.8) is 0 Å². The van der Waals surface area contributed by atoms with Crippen molar-refractivity contribution in [1.29, 1.82) is 0 Å². The van der Waals surface area contributed by atoms with Crippen molar-refractivity contribution < 1.29 is 25.2 Å². The van der Waals surface area contributed by atoms with E-state index in [0.717, 1.165) is 19.1 Å². The van der Waals surface area contributed by atoms with Gasteiger partial charge in [0.15, 0.2) is 17.1 Å². The summed E-state index contributed by atoms with van der Waals surface area (Å²) < 4.78 is 0. The van der Waals surface area contributed by atoms with Gasteiger partial charge < -0.3 is 20.4 Å². The molecule has 76 valence electrons. The fraction of sp³-hybridized carbons (Fsp3) is 0.222. The molecule has 0 spiro atoms. The topological polar surface area (TPSA) is 98.0 Å². The van der Waals surface area contributed by atoms with Crippen LogP contribution in [0, 0.1) is 0 Å². The molecule has 0 saturated carbocycles. The number of hydrogen-bond acceptors (Lipinski definition) is 4. The zero-order valence-corrected chi connectivity index (χ0v) is 7.43. The van der Waals surface area contributed by atoms with E-state index in [2.05, 4.69) is 0 Å². The summed E-state index contributed by atoms with van der Waals surface area (Å²) in [7, 11) is 0. The van der Waals surface area contributed by atoms with Crippen LogP contribution in [0.5, 0.6) is 11.5 Å². The second kappa shape index (κ2) is 3.19. The number of phenols is 2. The third kappa shape index (κ3) is 1.62. The molecule has 1 rings (SSSR count). The Balaban J connectivity index is 3.21. The lowest BCUT2D eigenvalue weighted by atomic mass is 9.96. The molecule has 0 unspecified atom stereocenters. The summed E-state index contributed by atoms with van der Waals surface area (Å²) >= 11 is 0. The van der Waals surface area contributed by atoms with Crippen LogP contribution in [-0.4, -0.2) is 26.4 Å². The normalized spacial score (nSPS) is 14.7. The maximum Gasteiger partial charge on any atom is 0.340 e. The molecule has 1 aromatic carbocycles. The lowest BCUT2D eigenvalue weighted by Gasteiger charge is -2.18. The highest BCUT2D eigenvalue weighted by molar-refractivity contribution is 5.78. The third-order valence-electron chi connectivity index (χ3n) is 1.95. The first-order valence-electron chi connectivity index (χ1n) is 3.84. The number of phenolic OH excluding ortho intramolecular Hbond substituents is 2. The predicted octanol–water partition coefficient (Wildman–Crippen LogP) is 0.390. The Kier molecular flexibility index (Phi) is 2.35. The lowest BCUT2D eigenvalue weighted by molar-refractivity contribution is -0.157. The molecule has 0 fully saturated rings. The fourth-order valence-corrected chi connectivity index (χ4v) is 0.950. The van der Waals surface area contributed by atoms with Crippen LogP contribution >= 0.6 is 0 Å². The van der Waals surface area contributed by atoms with Crippen LogP contribution in [-0.2, 0) is 10.4 Å². The van der Waals surface area contributed by atoms with E-state index >= 15 is 0 Å². The number of rotatable bonds is 2. The second-order valence-electron chi connectivity index (χ2n) is 3.08. The first-order valence-corrected chi connectivity index (χ1v) is 3.84. The highest BCUT2D eigenvalue weighted by atomic mass is 16.4. The van der Waals surface area contributed by atoms with E-state index in [1.54, 1.807) is 0 Å². The minimum absolute atomic E-state index is 0.000278. The molecule has 4 N–H and O–H groups in total. The Bertz CT molecular complexity index is 369. The van der Waals surface area contributed by atoms with E-state index in [1.807, 2.05) is 0 Å². The van der Waals surface area contributed by atoms with Gasteiger partial charge in [-0.05, 0) is 24.6 Å². The quantitative estimate of drug-likeness (QED) is 0.515. The molecule has 0 heterocycles. The Labute approximate surface area is 79.9 Å². The molecule has 0 aromatic heterocycles. The van der Waals surface area contributed by atoms with Gasteiger partial charge in [0.2, 0.25) is 0 Å². The van der Waals surface area contributed by atoms with Crippen LogP contribution in [0.2, 0.25) is 0 Å². The number of carboxylic acid groups (broad SMARTS) is 1. The first kappa shape index (κ1) is 10.3. The summed E-state index contributed by atoms with van der Waals surface area (Å²) in [5, 5.41) is 36.2. The Hall–Kier alpha value is -1.75. The highest BCUT2D eigenvalue weighted by Gasteiger charge is 2.32. The van der Waals surface area contributed by atoms with Gasteiger partial charge in [0.05, 0.1) is 0 Å². The monoisotopic (exact) mass is 198 g/mol. The number of aliphatic hydroxyl groups is 1. The van der Waals surface area contributed by atoms with Gasteiger partial charge in [0, 0.05) is 0 Å². The molecule has 1 atom stereocenters. The number of benzene rings is 1. The first-order chi connectivity index (χ1) is 6.35. The van der Waals surface area contributed by atoms with Crippen molar-refractivity contribution in [2.24, 2.45) is 0 Å². The molecular weight excluding hydrogens is 188 g/mol. The summed E-state index contributed by atoms with van der Waals surface area (Å²) in [6.45, 7) is 1.08. The standard InChI is InChI=1S/C9H10O5/c1-9(14,8(12)13)5-2-3-6(10)7(11)4-5/h2-4,10-11,14H,1H3,(H,12,13)/t9-/m1/s1. The molecule has 0 aliphatic heterocycles. The minimum atomic E-state index is -2.08. The van der Waals surface area contributed by atoms with E-state index in [-0.39, 0.29) is 11.3 Å². The van der Waals surface area contributed by atoms with Crippen LogP contribution in [0.15, 0.2) is 18.2 Å². The molecule has 5 heteroatoms. The molecule has 0 radical (unpaired) electrons. The molecule has 0 bridgehead atoms. The number of aliphatic carboxylic acids is 1. The highest BCUT2D eigenvalue weighted by Crippen LogP contribution is 2.30. The largest absolute Gasteiger partial charge is 0.504 e. The van der Waals surface area contributed by atoms with Crippen molar-refractivity contribution in [2.45, 2.75) is 12.5 Å². The van der Waals surface area contributed by atoms with Gasteiger partial charge in [-0.2, -0.15) is 0 Å². The maximum absolute atomic E-state index is 10.6. The number of carboxylic acids is 1. The minimum Gasteiger partial charge on any atom is -0.504 e. The lowest BCUT2D eigenvalue weighted by Crippen LogP contribution is -2.31. The van der Waals surface area contributed by atoms with Crippen LogP contribution < -0.4 is 0 Å². The second-order valence-corrected chi connectivity index (χ2v) is 3.08. The Morgan fingerprint density at radius 3 is 2.29 bits per heavy atom. The van der Waals surface area contributed by atoms with E-state index < -0.39 is 17.3 Å². The Morgan fingerprint density at radius 2 is 1.86 bits per heavy atom. The maximum atomic E-state index is 10.6. The average Bonchev–Trinajstić information content (AvgIpc) is 2.09. The summed E-state index contributed by atoms with van der Waals surface area (Å²) in [6, 6.07) is 3.34. The van der Waals surface area contributed by atoms with E-state index in [1.165, 1.54) is 6.07 Å². The Morgan fingerprint density at radius 1 is 1.29 bits per heavy atom. The molecule has 5 nitrogen and oxygen atoms in total. The molecule has 0 aliphatic carbocycles. The molecule has 14 heavy (non-hydrogen) atoms. The predicted molar refractivity (Wildman–Crippen MR) is 47.0 cm³/mol. The van der Waals surface area contributed by atoms with Crippen LogP contribution in [0.4, 0.5) is 0 Å². The summed E-state index contributed by atoms with van der Waals surface area (Å²) in [5.41, 5.74) is -2.08. The number of aromatic hydroxyl groups is 2. The van der Waals surface area contributed by atoms with Crippen molar-refractivity contribution >= 4 is 5.97 Å². The van der Waals surface area contributed by atoms with Crippen LogP contribution in [0.25, 0.3) is 0 Å². The summed E-state index contributed by atoms with van der Waals surface area (Å²) in [6.07, 6.45) is 0. The van der Waals surface area contributed by atoms with E-state index in [4.69, 9.17) is 15.3 Å². The van der Waals surface area contributed by atoms with Gasteiger partial charge in [-0.15, -0.1) is 0 Å². The molecule has 0 amide bonds. The van der Waals surface area contributed by atoms with Gasteiger partial charge >= 0.3 is 5.97 Å². The zero-order valence-electron chi connectivity index (χ0n) is 7.43. The van der Waals surface area contributed by atoms with Gasteiger partial charge in [-0.3, -0.25) is 0 Å². The molecular formula is C9H10O5. The van der Waals surface area contributed by atoms with Gasteiger partial charge in [-0.1, -0.05) is 6.07 Å². The van der Waals surface area contributed by atoms with Crippen molar-refractivity contribution in [3.05, 3.63) is 23.8 Å². The van der Waals surface area contributed by atoms with Gasteiger partial charge in [0.25, 0.3) is 0 Å². The zero-order chi connectivity index (χ0) is 10.9. The summed E-state index contributed by atoms with van der Waals surface area (Å²) in [5.74, 6) is -2.26. The smallest absolute Gasteiger partial charge is 0.340 e. The van der Waals surface area contributed by atoms with Crippen molar-refractivity contribution in [3.8, 4) is 11.5 Å². The van der Waals surface area contributed by atoms with Gasteiger partial charge in [-0.25, -0.2) is 4.79 Å². The number of hydrogen-bond donors (Lipinski definition) is 4. The number of carbonyl (C=O) groups is 1. The van der Waals surface area contributed by atoms with Crippen molar-refractivity contribution in [1.82, 2.24) is 0 Å². The summed E-state index contributed by atoms with van der Waals surface area (Å²) in [4.78, 5) is 10.6. The third-order valence-corrected chi connectivity index (χ3v) is 1.95. The average molecular weight is 198 g/mol. The van der Waals surface area contributed by atoms with Gasteiger partial charge in [0.1, 0.15) is 0 Å². The molecule has 1 aromatic rings. The molecule has 0 saturated heterocycles. The van der Waals surface area contributed by atoms with Crippen LogP contribution in [0.1, 0.15) is 12.5 Å².